The Hall–Kier alpha value is -1.66. The number of fused-ring (bicyclic) bond motifs is 1. The molecule has 0 fully saturated rings. The van der Waals surface area contributed by atoms with E-state index in [0.29, 0.717) is 19.0 Å². The maximum Gasteiger partial charge on any atom is 0.356 e. The summed E-state index contributed by atoms with van der Waals surface area (Å²) in [5.41, 5.74) is 0.0791. The van der Waals surface area contributed by atoms with Crippen LogP contribution in [-0.4, -0.2) is 20.6 Å². The molecule has 3 rings (SSSR count). The van der Waals surface area contributed by atoms with Gasteiger partial charge in [-0.3, -0.25) is 0 Å². The molecule has 0 spiro atoms. The Bertz CT molecular complexity index is 547. The molecule has 0 bridgehead atoms. The van der Waals surface area contributed by atoms with Crippen LogP contribution >= 0.6 is 11.3 Å². The molecule has 0 saturated carbocycles. The van der Waals surface area contributed by atoms with Crippen LogP contribution in [0.3, 0.4) is 0 Å². The van der Waals surface area contributed by atoms with Gasteiger partial charge in [0, 0.05) is 11.1 Å². The minimum atomic E-state index is -1.00. The Balaban J connectivity index is 1.88. The number of rotatable bonds is 2. The van der Waals surface area contributed by atoms with E-state index in [0.717, 1.165) is 4.88 Å². The zero-order valence-corrected chi connectivity index (χ0v) is 9.68. The first-order valence-corrected chi connectivity index (χ1v) is 6.06. The molecule has 0 unspecified atom stereocenters. The van der Waals surface area contributed by atoms with Crippen LogP contribution in [0.5, 0.6) is 0 Å². The van der Waals surface area contributed by atoms with Gasteiger partial charge in [0.2, 0.25) is 0 Å². The largest absolute Gasteiger partial charge is 0.476 e. The van der Waals surface area contributed by atoms with Gasteiger partial charge in [-0.15, -0.1) is 11.3 Å². The second-order valence-corrected chi connectivity index (χ2v) is 4.79. The molecule has 6 heteroatoms. The number of hydrogen-bond acceptors (Lipinski definition) is 4. The van der Waals surface area contributed by atoms with E-state index in [1.807, 2.05) is 22.1 Å². The van der Waals surface area contributed by atoms with Crippen molar-refractivity contribution in [3.8, 4) is 0 Å². The van der Waals surface area contributed by atoms with Gasteiger partial charge in [0.15, 0.2) is 5.69 Å². The summed E-state index contributed by atoms with van der Waals surface area (Å²) in [5, 5.41) is 10.9. The summed E-state index contributed by atoms with van der Waals surface area (Å²) in [6, 6.07) is 4.00. The number of aromatic nitrogens is 2. The molecule has 2 aromatic heterocycles. The number of ether oxygens (including phenoxy) is 1. The fourth-order valence-electron chi connectivity index (χ4n) is 1.88. The molecule has 0 aliphatic carbocycles. The molecular formula is C11H10N2O3S. The summed E-state index contributed by atoms with van der Waals surface area (Å²) in [6.45, 7) is 0.978. The third kappa shape index (κ3) is 1.85. The fraction of sp³-hybridized carbons (Fsp3) is 0.273. The van der Waals surface area contributed by atoms with E-state index < -0.39 is 5.97 Å². The first-order chi connectivity index (χ1) is 8.24. The number of nitrogens with zero attached hydrogens (tertiary/aromatic N) is 2. The van der Waals surface area contributed by atoms with E-state index in [9.17, 15) is 4.79 Å². The molecule has 5 nitrogen and oxygen atoms in total. The zero-order valence-electron chi connectivity index (χ0n) is 8.87. The van der Waals surface area contributed by atoms with Gasteiger partial charge in [-0.1, -0.05) is 6.07 Å². The van der Waals surface area contributed by atoms with Crippen LogP contribution in [-0.2, 0) is 17.9 Å². The van der Waals surface area contributed by atoms with Gasteiger partial charge in [-0.25, -0.2) is 9.78 Å². The van der Waals surface area contributed by atoms with E-state index in [-0.39, 0.29) is 11.8 Å². The maximum atomic E-state index is 10.8. The Kier molecular flexibility index (Phi) is 2.45. The molecule has 0 amide bonds. The third-order valence-electron chi connectivity index (χ3n) is 2.71. The van der Waals surface area contributed by atoms with Crippen molar-refractivity contribution in [3.05, 3.63) is 40.1 Å². The molecule has 1 aliphatic heterocycles. The van der Waals surface area contributed by atoms with E-state index >= 15 is 0 Å². The van der Waals surface area contributed by atoms with E-state index in [1.165, 1.54) is 0 Å². The quantitative estimate of drug-likeness (QED) is 0.884. The highest BCUT2D eigenvalue weighted by atomic mass is 32.1. The number of aromatic carboxylic acids is 1. The number of carbonyl (C=O) groups is 1. The van der Waals surface area contributed by atoms with Crippen LogP contribution in [0, 0.1) is 0 Å². The summed E-state index contributed by atoms with van der Waals surface area (Å²) in [7, 11) is 0. The van der Waals surface area contributed by atoms with Gasteiger partial charge in [-0.05, 0) is 11.4 Å². The minimum Gasteiger partial charge on any atom is -0.476 e. The summed E-state index contributed by atoms with van der Waals surface area (Å²) in [4.78, 5) is 16.0. The summed E-state index contributed by atoms with van der Waals surface area (Å²) in [5.74, 6) is -0.324. The second kappa shape index (κ2) is 3.97. The Morgan fingerprint density at radius 3 is 3.24 bits per heavy atom. The van der Waals surface area contributed by atoms with Gasteiger partial charge in [0.25, 0.3) is 0 Å². The summed E-state index contributed by atoms with van der Waals surface area (Å²) in [6.07, 6.45) is 1.57. The molecule has 88 valence electrons. The Morgan fingerprint density at radius 1 is 1.65 bits per heavy atom. The number of carboxylic acids is 1. The first kappa shape index (κ1) is 10.5. The van der Waals surface area contributed by atoms with Gasteiger partial charge in [0.1, 0.15) is 18.5 Å². The van der Waals surface area contributed by atoms with E-state index in [4.69, 9.17) is 9.84 Å². The molecule has 17 heavy (non-hydrogen) atoms. The topological polar surface area (TPSA) is 64.3 Å². The van der Waals surface area contributed by atoms with Crippen LogP contribution in [0.4, 0.5) is 0 Å². The average molecular weight is 250 g/mol. The van der Waals surface area contributed by atoms with E-state index in [2.05, 4.69) is 4.98 Å². The predicted octanol–water partition coefficient (Wildman–Crippen LogP) is 1.91. The summed E-state index contributed by atoms with van der Waals surface area (Å²) >= 11 is 1.64. The number of hydrogen-bond donors (Lipinski definition) is 1. The smallest absolute Gasteiger partial charge is 0.356 e. The van der Waals surface area contributed by atoms with Crippen molar-refractivity contribution in [1.82, 2.24) is 9.55 Å². The Labute approximate surface area is 101 Å². The van der Waals surface area contributed by atoms with Gasteiger partial charge in [-0.2, -0.15) is 0 Å². The molecule has 0 aromatic carbocycles. The van der Waals surface area contributed by atoms with Crippen LogP contribution in [0.25, 0.3) is 0 Å². The Morgan fingerprint density at radius 2 is 2.53 bits per heavy atom. The minimum absolute atomic E-state index is 0.00153. The SMILES string of the molecule is O=C(O)c1cn2c(n1)CO[C@H](c1cccs1)C2. The first-order valence-electron chi connectivity index (χ1n) is 5.18. The summed E-state index contributed by atoms with van der Waals surface area (Å²) < 4.78 is 7.53. The highest BCUT2D eigenvalue weighted by Gasteiger charge is 2.24. The average Bonchev–Trinajstić information content (AvgIpc) is 2.97. The molecule has 0 radical (unpaired) electrons. The fourth-order valence-corrected chi connectivity index (χ4v) is 2.65. The van der Waals surface area contributed by atoms with Gasteiger partial charge in [0.05, 0.1) is 6.54 Å². The number of thiophene rings is 1. The zero-order chi connectivity index (χ0) is 11.8. The van der Waals surface area contributed by atoms with Crippen LogP contribution in [0.15, 0.2) is 23.7 Å². The molecule has 2 aromatic rings. The monoisotopic (exact) mass is 250 g/mol. The van der Waals surface area contributed by atoms with Crippen LogP contribution < -0.4 is 0 Å². The standard InChI is InChI=1S/C11H10N2O3S/c14-11(15)7-4-13-5-8(9-2-1-3-17-9)16-6-10(13)12-7/h1-4,8H,5-6H2,(H,14,15)/t8-/m0/s1. The molecular weight excluding hydrogens is 240 g/mol. The van der Waals surface area contributed by atoms with Crippen molar-refractivity contribution in [3.63, 3.8) is 0 Å². The van der Waals surface area contributed by atoms with Crippen molar-refractivity contribution in [2.75, 3.05) is 0 Å². The van der Waals surface area contributed by atoms with Gasteiger partial charge >= 0.3 is 5.97 Å². The lowest BCUT2D eigenvalue weighted by molar-refractivity contribution is 0.00267. The molecule has 3 heterocycles. The van der Waals surface area contributed by atoms with E-state index in [1.54, 1.807) is 17.5 Å². The third-order valence-corrected chi connectivity index (χ3v) is 3.68. The maximum absolute atomic E-state index is 10.8. The molecule has 0 saturated heterocycles. The highest BCUT2D eigenvalue weighted by Crippen LogP contribution is 2.29. The van der Waals surface area contributed by atoms with Crippen molar-refractivity contribution in [2.24, 2.45) is 0 Å². The number of imidazole rings is 1. The lowest BCUT2D eigenvalue weighted by Gasteiger charge is -2.23. The number of carboxylic acid groups (broad SMARTS) is 1. The highest BCUT2D eigenvalue weighted by molar-refractivity contribution is 7.10. The van der Waals surface area contributed by atoms with Gasteiger partial charge < -0.3 is 14.4 Å². The van der Waals surface area contributed by atoms with Crippen LogP contribution in [0.1, 0.15) is 27.3 Å². The lowest BCUT2D eigenvalue weighted by Crippen LogP contribution is -2.20. The molecule has 1 atom stereocenters. The lowest BCUT2D eigenvalue weighted by atomic mass is 10.2. The predicted molar refractivity (Wildman–Crippen MR) is 61.0 cm³/mol. The second-order valence-electron chi connectivity index (χ2n) is 3.81. The normalized spacial score (nSPS) is 18.9. The van der Waals surface area contributed by atoms with Crippen LogP contribution in [0.2, 0.25) is 0 Å². The molecule has 1 N–H and O–H groups in total. The van der Waals surface area contributed by atoms with Crippen molar-refractivity contribution < 1.29 is 14.6 Å². The van der Waals surface area contributed by atoms with Crippen molar-refractivity contribution in [1.29, 1.82) is 0 Å². The van der Waals surface area contributed by atoms with Crippen molar-refractivity contribution in [2.45, 2.75) is 19.3 Å². The van der Waals surface area contributed by atoms with Crippen molar-refractivity contribution >= 4 is 17.3 Å². The molecule has 1 aliphatic rings.